The van der Waals surface area contributed by atoms with Crippen LogP contribution in [0.1, 0.15) is 15.9 Å². The number of ether oxygens (including phenoxy) is 1. The molecule has 0 atom stereocenters. The summed E-state index contributed by atoms with van der Waals surface area (Å²) in [5, 5.41) is 4.01. The van der Waals surface area contributed by atoms with E-state index >= 15 is 0 Å². The average Bonchev–Trinajstić information content (AvgIpc) is 2.54. The Balaban J connectivity index is 2.14. The first kappa shape index (κ1) is 18.9. The van der Waals surface area contributed by atoms with E-state index in [0.29, 0.717) is 23.5 Å². The monoisotopic (exact) mass is 514 g/mol. The van der Waals surface area contributed by atoms with Crippen molar-refractivity contribution in [3.05, 3.63) is 73.6 Å². The minimum Gasteiger partial charge on any atom is -0.488 e. The standard InChI is InChI=1S/C17H13Br3N2O2/c1-2-7-24-16-12(8-14(19)9-15(16)20)10-21-22-17(23)11-3-5-13(18)6-4-11/h2-6,8-10H,1,7H2,(H,22,23). The quantitative estimate of drug-likeness (QED) is 0.322. The summed E-state index contributed by atoms with van der Waals surface area (Å²) in [6.07, 6.45) is 3.19. The molecule has 2 aromatic rings. The highest BCUT2D eigenvalue weighted by atomic mass is 79.9. The SMILES string of the molecule is C=CCOc1c(Br)cc(Br)cc1C=NNC(=O)c1ccc(Br)cc1. The summed E-state index contributed by atoms with van der Waals surface area (Å²) in [6.45, 7) is 4.00. The fraction of sp³-hybridized carbons (Fsp3) is 0.0588. The van der Waals surface area contributed by atoms with Gasteiger partial charge in [0.05, 0.1) is 10.7 Å². The molecule has 0 saturated carbocycles. The smallest absolute Gasteiger partial charge is 0.271 e. The van der Waals surface area contributed by atoms with Gasteiger partial charge in [-0.3, -0.25) is 4.79 Å². The maximum absolute atomic E-state index is 12.0. The van der Waals surface area contributed by atoms with Gasteiger partial charge in [0.25, 0.3) is 5.91 Å². The summed E-state index contributed by atoms with van der Waals surface area (Å²) >= 11 is 10.2. The van der Waals surface area contributed by atoms with Crippen molar-refractivity contribution in [2.45, 2.75) is 0 Å². The highest BCUT2D eigenvalue weighted by Crippen LogP contribution is 2.32. The molecule has 0 heterocycles. The summed E-state index contributed by atoms with van der Waals surface area (Å²) in [7, 11) is 0. The Bertz CT molecular complexity index is 774. The van der Waals surface area contributed by atoms with Crippen LogP contribution in [0.15, 0.2) is 67.6 Å². The first-order chi connectivity index (χ1) is 11.5. The zero-order valence-electron chi connectivity index (χ0n) is 12.4. The third-order valence-corrected chi connectivity index (χ3v) is 4.43. The molecule has 124 valence electrons. The van der Waals surface area contributed by atoms with E-state index in [9.17, 15) is 4.79 Å². The van der Waals surface area contributed by atoms with Crippen LogP contribution in [-0.4, -0.2) is 18.7 Å². The number of carbonyl (C=O) groups excluding carboxylic acids is 1. The Morgan fingerprint density at radius 2 is 1.88 bits per heavy atom. The summed E-state index contributed by atoms with van der Waals surface area (Å²) in [5.74, 6) is 0.334. The minimum atomic E-state index is -0.290. The predicted octanol–water partition coefficient (Wildman–Crippen LogP) is 5.30. The molecule has 0 aliphatic rings. The van der Waals surface area contributed by atoms with Crippen LogP contribution in [0.5, 0.6) is 5.75 Å². The highest BCUT2D eigenvalue weighted by Gasteiger charge is 2.09. The van der Waals surface area contributed by atoms with Crippen molar-refractivity contribution in [3.8, 4) is 5.75 Å². The number of nitrogens with one attached hydrogen (secondary N) is 1. The molecule has 0 bridgehead atoms. The molecule has 0 aromatic heterocycles. The third kappa shape index (κ3) is 5.29. The van der Waals surface area contributed by atoms with E-state index < -0.39 is 0 Å². The van der Waals surface area contributed by atoms with E-state index in [4.69, 9.17) is 4.74 Å². The van der Waals surface area contributed by atoms with Gasteiger partial charge in [0, 0.05) is 20.1 Å². The largest absolute Gasteiger partial charge is 0.488 e. The molecular formula is C17H13Br3N2O2. The van der Waals surface area contributed by atoms with Gasteiger partial charge >= 0.3 is 0 Å². The Morgan fingerprint density at radius 1 is 1.17 bits per heavy atom. The van der Waals surface area contributed by atoms with Gasteiger partial charge in [0.2, 0.25) is 0 Å². The van der Waals surface area contributed by atoms with Gasteiger partial charge in [-0.2, -0.15) is 5.10 Å². The van der Waals surface area contributed by atoms with Crippen molar-refractivity contribution in [3.63, 3.8) is 0 Å². The van der Waals surface area contributed by atoms with Crippen LogP contribution in [0.25, 0.3) is 0 Å². The van der Waals surface area contributed by atoms with Crippen LogP contribution in [0, 0.1) is 0 Å². The maximum atomic E-state index is 12.0. The lowest BCUT2D eigenvalue weighted by Gasteiger charge is -2.10. The molecule has 0 fully saturated rings. The van der Waals surface area contributed by atoms with Gasteiger partial charge in [-0.15, -0.1) is 0 Å². The Morgan fingerprint density at radius 3 is 2.54 bits per heavy atom. The third-order valence-electron chi connectivity index (χ3n) is 2.86. The number of nitrogens with zero attached hydrogens (tertiary/aromatic N) is 1. The van der Waals surface area contributed by atoms with E-state index in [-0.39, 0.29) is 5.91 Å². The normalized spacial score (nSPS) is 10.6. The number of rotatable bonds is 6. The molecule has 1 N–H and O–H groups in total. The molecule has 0 saturated heterocycles. The maximum Gasteiger partial charge on any atom is 0.271 e. The lowest BCUT2D eigenvalue weighted by Crippen LogP contribution is -2.17. The first-order valence-electron chi connectivity index (χ1n) is 6.83. The van der Waals surface area contributed by atoms with Crippen LogP contribution in [0.3, 0.4) is 0 Å². The topological polar surface area (TPSA) is 50.7 Å². The van der Waals surface area contributed by atoms with E-state index in [1.54, 1.807) is 30.3 Å². The number of benzene rings is 2. The molecule has 0 radical (unpaired) electrons. The molecule has 0 aliphatic heterocycles. The number of hydrogen-bond acceptors (Lipinski definition) is 3. The van der Waals surface area contributed by atoms with E-state index in [1.165, 1.54) is 6.21 Å². The van der Waals surface area contributed by atoms with E-state index in [0.717, 1.165) is 13.4 Å². The van der Waals surface area contributed by atoms with Crippen LogP contribution in [0.4, 0.5) is 0 Å². The molecule has 2 aromatic carbocycles. The second kappa shape index (κ2) is 9.15. The fourth-order valence-electron chi connectivity index (χ4n) is 1.80. The van der Waals surface area contributed by atoms with Gasteiger partial charge in [0.15, 0.2) is 0 Å². The summed E-state index contributed by atoms with van der Waals surface area (Å²) in [6, 6.07) is 10.7. The van der Waals surface area contributed by atoms with Crippen molar-refractivity contribution < 1.29 is 9.53 Å². The molecule has 0 aliphatic carbocycles. The number of hydrazone groups is 1. The molecular weight excluding hydrogens is 504 g/mol. The number of halogens is 3. The minimum absolute atomic E-state index is 0.290. The second-order valence-corrected chi connectivity index (χ2v) is 7.30. The van der Waals surface area contributed by atoms with E-state index in [2.05, 4.69) is 64.9 Å². The van der Waals surface area contributed by atoms with Crippen molar-refractivity contribution >= 4 is 59.9 Å². The molecule has 24 heavy (non-hydrogen) atoms. The van der Waals surface area contributed by atoms with Gasteiger partial charge in [-0.05, 0) is 52.3 Å². The highest BCUT2D eigenvalue weighted by molar-refractivity contribution is 9.11. The van der Waals surface area contributed by atoms with Crippen LogP contribution in [0.2, 0.25) is 0 Å². The van der Waals surface area contributed by atoms with Crippen LogP contribution >= 0.6 is 47.8 Å². The van der Waals surface area contributed by atoms with Gasteiger partial charge in [-0.25, -0.2) is 5.43 Å². The second-order valence-electron chi connectivity index (χ2n) is 4.61. The lowest BCUT2D eigenvalue weighted by molar-refractivity contribution is 0.0955. The fourth-order valence-corrected chi connectivity index (χ4v) is 3.43. The number of amides is 1. The molecule has 0 spiro atoms. The molecule has 1 amide bonds. The number of hydrogen-bond donors (Lipinski definition) is 1. The summed E-state index contributed by atoms with van der Waals surface area (Å²) in [5.41, 5.74) is 3.74. The summed E-state index contributed by atoms with van der Waals surface area (Å²) in [4.78, 5) is 12.0. The molecule has 4 nitrogen and oxygen atoms in total. The van der Waals surface area contributed by atoms with Crippen molar-refractivity contribution in [1.82, 2.24) is 5.43 Å². The Kier molecular flexibility index (Phi) is 7.20. The molecule has 7 heteroatoms. The average molecular weight is 517 g/mol. The van der Waals surface area contributed by atoms with Gasteiger partial charge in [0.1, 0.15) is 12.4 Å². The van der Waals surface area contributed by atoms with E-state index in [1.807, 2.05) is 12.1 Å². The summed E-state index contributed by atoms with van der Waals surface area (Å²) < 4.78 is 8.18. The molecule has 0 unspecified atom stereocenters. The van der Waals surface area contributed by atoms with Crippen molar-refractivity contribution in [1.29, 1.82) is 0 Å². The lowest BCUT2D eigenvalue weighted by atomic mass is 10.2. The Labute approximate surface area is 165 Å². The zero-order valence-corrected chi connectivity index (χ0v) is 17.2. The van der Waals surface area contributed by atoms with Gasteiger partial charge < -0.3 is 4.74 Å². The Hall–Kier alpha value is -1.44. The van der Waals surface area contributed by atoms with Crippen molar-refractivity contribution in [2.24, 2.45) is 5.10 Å². The van der Waals surface area contributed by atoms with Crippen LogP contribution < -0.4 is 10.2 Å². The van der Waals surface area contributed by atoms with Crippen LogP contribution in [-0.2, 0) is 0 Å². The molecule has 2 rings (SSSR count). The number of carbonyl (C=O) groups is 1. The first-order valence-corrected chi connectivity index (χ1v) is 9.21. The predicted molar refractivity (Wildman–Crippen MR) is 107 cm³/mol. The van der Waals surface area contributed by atoms with Gasteiger partial charge in [-0.1, -0.05) is 44.5 Å². The zero-order chi connectivity index (χ0) is 17.5. The van der Waals surface area contributed by atoms with Crippen molar-refractivity contribution in [2.75, 3.05) is 6.61 Å².